The molecule has 0 bridgehead atoms. The van der Waals surface area contributed by atoms with Crippen LogP contribution in [-0.4, -0.2) is 36.3 Å². The molecule has 2 amide bonds. The minimum absolute atomic E-state index is 0.0348. The Bertz CT molecular complexity index is 734. The van der Waals surface area contributed by atoms with Crippen LogP contribution in [-0.2, 0) is 16.0 Å². The second-order valence-electron chi connectivity index (χ2n) is 6.38. The van der Waals surface area contributed by atoms with Crippen LogP contribution in [0.4, 0.5) is 5.69 Å². The Morgan fingerprint density at radius 3 is 2.88 bits per heavy atom. The largest absolute Gasteiger partial charge is 0.390 e. The van der Waals surface area contributed by atoms with Crippen molar-refractivity contribution in [2.75, 3.05) is 25.0 Å². The first-order valence-corrected chi connectivity index (χ1v) is 9.08. The van der Waals surface area contributed by atoms with Gasteiger partial charge in [0.1, 0.15) is 11.6 Å². The third-order valence-electron chi connectivity index (χ3n) is 4.51. The molecule has 2 rings (SSSR count). The Labute approximate surface area is 154 Å². The molecule has 138 valence electrons. The zero-order valence-corrected chi connectivity index (χ0v) is 15.5. The van der Waals surface area contributed by atoms with E-state index in [9.17, 15) is 14.9 Å². The summed E-state index contributed by atoms with van der Waals surface area (Å²) in [7, 11) is 0. The summed E-state index contributed by atoms with van der Waals surface area (Å²) in [6, 6.07) is 7.80. The molecule has 1 saturated heterocycles. The number of nitrogens with zero attached hydrogens (tertiary/aromatic N) is 2. The highest BCUT2D eigenvalue weighted by Gasteiger charge is 2.19. The van der Waals surface area contributed by atoms with Crippen LogP contribution in [0.5, 0.6) is 0 Å². The Morgan fingerprint density at radius 2 is 2.23 bits per heavy atom. The standard InChI is InChI=1S/C20H26N4O2/c1-3-16-8-4-7-15(2)19(16)23-20(26)17(13-21)14-22-10-6-12-24-11-5-9-18(24)25/h4,7-8,14,22H,3,5-6,9-12H2,1-2H3,(H,23,26)/b17-14-. The minimum atomic E-state index is -0.418. The first-order valence-electron chi connectivity index (χ1n) is 9.08. The summed E-state index contributed by atoms with van der Waals surface area (Å²) in [4.78, 5) is 25.8. The number of nitrogens with one attached hydrogen (secondary N) is 2. The molecule has 0 unspecified atom stereocenters. The Balaban J connectivity index is 1.87. The molecule has 0 saturated carbocycles. The van der Waals surface area contributed by atoms with E-state index < -0.39 is 5.91 Å². The van der Waals surface area contributed by atoms with E-state index in [1.807, 2.05) is 43.0 Å². The van der Waals surface area contributed by atoms with Crippen molar-refractivity contribution in [1.82, 2.24) is 10.2 Å². The van der Waals surface area contributed by atoms with Crippen molar-refractivity contribution < 1.29 is 9.59 Å². The molecular weight excluding hydrogens is 328 g/mol. The number of hydrogen-bond donors (Lipinski definition) is 2. The number of anilines is 1. The monoisotopic (exact) mass is 354 g/mol. The van der Waals surface area contributed by atoms with Gasteiger partial charge < -0.3 is 15.5 Å². The predicted molar refractivity (Wildman–Crippen MR) is 101 cm³/mol. The van der Waals surface area contributed by atoms with Crippen LogP contribution in [0.25, 0.3) is 0 Å². The van der Waals surface area contributed by atoms with Gasteiger partial charge >= 0.3 is 0 Å². The van der Waals surface area contributed by atoms with Crippen LogP contribution < -0.4 is 10.6 Å². The number of carbonyl (C=O) groups excluding carboxylic acids is 2. The highest BCUT2D eigenvalue weighted by atomic mass is 16.2. The molecule has 1 aliphatic heterocycles. The molecule has 0 aromatic heterocycles. The Morgan fingerprint density at radius 1 is 1.42 bits per heavy atom. The molecule has 0 spiro atoms. The predicted octanol–water partition coefficient (Wildman–Crippen LogP) is 2.51. The average molecular weight is 354 g/mol. The van der Waals surface area contributed by atoms with Gasteiger partial charge in [-0.1, -0.05) is 25.1 Å². The number of carbonyl (C=O) groups is 2. The average Bonchev–Trinajstić information content (AvgIpc) is 3.04. The summed E-state index contributed by atoms with van der Waals surface area (Å²) in [6.45, 7) is 6.10. The summed E-state index contributed by atoms with van der Waals surface area (Å²) in [5.74, 6) is -0.207. The summed E-state index contributed by atoms with van der Waals surface area (Å²) < 4.78 is 0. The number of benzene rings is 1. The van der Waals surface area contributed by atoms with Crippen LogP contribution in [0.1, 0.15) is 37.3 Å². The fourth-order valence-electron chi connectivity index (χ4n) is 3.02. The van der Waals surface area contributed by atoms with E-state index in [1.165, 1.54) is 6.20 Å². The lowest BCUT2D eigenvalue weighted by molar-refractivity contribution is -0.127. The van der Waals surface area contributed by atoms with Gasteiger partial charge in [0.15, 0.2) is 0 Å². The number of likely N-dealkylation sites (tertiary alicyclic amines) is 1. The van der Waals surface area contributed by atoms with Gasteiger partial charge in [0.05, 0.1) is 0 Å². The highest BCUT2D eigenvalue weighted by Crippen LogP contribution is 2.21. The summed E-state index contributed by atoms with van der Waals surface area (Å²) >= 11 is 0. The second kappa shape index (κ2) is 9.62. The van der Waals surface area contributed by atoms with Crippen molar-refractivity contribution in [3.63, 3.8) is 0 Å². The van der Waals surface area contributed by atoms with E-state index in [1.54, 1.807) is 0 Å². The maximum Gasteiger partial charge on any atom is 0.267 e. The topological polar surface area (TPSA) is 85.2 Å². The molecule has 0 atom stereocenters. The van der Waals surface area contributed by atoms with E-state index in [4.69, 9.17) is 0 Å². The third-order valence-corrected chi connectivity index (χ3v) is 4.51. The molecule has 1 aliphatic rings. The zero-order valence-electron chi connectivity index (χ0n) is 15.5. The Hall–Kier alpha value is -2.81. The zero-order chi connectivity index (χ0) is 18.9. The molecule has 6 heteroatoms. The van der Waals surface area contributed by atoms with Gasteiger partial charge in [0, 0.05) is 37.9 Å². The SMILES string of the molecule is CCc1cccc(C)c1NC(=O)/C(C#N)=C\NCCCN1CCCC1=O. The van der Waals surface area contributed by atoms with Crippen molar-refractivity contribution >= 4 is 17.5 Å². The first kappa shape index (κ1) is 19.5. The molecule has 1 aromatic carbocycles. The minimum Gasteiger partial charge on any atom is -0.390 e. The van der Waals surface area contributed by atoms with Crippen molar-refractivity contribution in [3.05, 3.63) is 41.1 Å². The van der Waals surface area contributed by atoms with Crippen molar-refractivity contribution in [2.45, 2.75) is 39.5 Å². The fourth-order valence-corrected chi connectivity index (χ4v) is 3.02. The van der Waals surface area contributed by atoms with Gasteiger partial charge in [-0.2, -0.15) is 5.26 Å². The van der Waals surface area contributed by atoms with E-state index in [-0.39, 0.29) is 11.5 Å². The van der Waals surface area contributed by atoms with Crippen LogP contribution in [0.15, 0.2) is 30.0 Å². The summed E-state index contributed by atoms with van der Waals surface area (Å²) in [5, 5.41) is 15.1. The van der Waals surface area contributed by atoms with Crippen LogP contribution in [0, 0.1) is 18.3 Å². The van der Waals surface area contributed by atoms with Crippen molar-refractivity contribution in [3.8, 4) is 6.07 Å². The molecular formula is C20H26N4O2. The lowest BCUT2D eigenvalue weighted by atomic mass is 10.1. The van der Waals surface area contributed by atoms with Gasteiger partial charge in [-0.3, -0.25) is 9.59 Å². The van der Waals surface area contributed by atoms with Gasteiger partial charge in [-0.15, -0.1) is 0 Å². The lowest BCUT2D eigenvalue weighted by Gasteiger charge is -2.15. The van der Waals surface area contributed by atoms with E-state index in [2.05, 4.69) is 10.6 Å². The van der Waals surface area contributed by atoms with Gasteiger partial charge in [0.25, 0.3) is 5.91 Å². The molecule has 1 fully saturated rings. The van der Waals surface area contributed by atoms with E-state index in [0.717, 1.165) is 42.6 Å². The summed E-state index contributed by atoms with van der Waals surface area (Å²) in [5.41, 5.74) is 2.82. The molecule has 2 N–H and O–H groups in total. The van der Waals surface area contributed by atoms with Crippen molar-refractivity contribution in [1.29, 1.82) is 5.26 Å². The second-order valence-corrected chi connectivity index (χ2v) is 6.38. The lowest BCUT2D eigenvalue weighted by Crippen LogP contribution is -2.27. The normalized spacial score (nSPS) is 14.3. The number of hydrogen-bond acceptors (Lipinski definition) is 4. The first-order chi connectivity index (χ1) is 12.6. The van der Waals surface area contributed by atoms with Crippen LogP contribution >= 0.6 is 0 Å². The van der Waals surface area contributed by atoms with E-state index in [0.29, 0.717) is 19.5 Å². The molecule has 6 nitrogen and oxygen atoms in total. The molecule has 0 radical (unpaired) electrons. The van der Waals surface area contributed by atoms with Crippen LogP contribution in [0.2, 0.25) is 0 Å². The maximum atomic E-state index is 12.4. The molecule has 1 heterocycles. The third kappa shape index (κ3) is 5.09. The molecule has 1 aromatic rings. The highest BCUT2D eigenvalue weighted by molar-refractivity contribution is 6.07. The quantitative estimate of drug-likeness (QED) is 0.427. The maximum absolute atomic E-state index is 12.4. The van der Waals surface area contributed by atoms with Gasteiger partial charge in [-0.05, 0) is 37.3 Å². The number of aryl methyl sites for hydroxylation is 2. The smallest absolute Gasteiger partial charge is 0.267 e. The van der Waals surface area contributed by atoms with Gasteiger partial charge in [0.2, 0.25) is 5.91 Å². The number of para-hydroxylation sites is 1. The number of amides is 2. The Kier molecular flexibility index (Phi) is 7.22. The molecule has 0 aliphatic carbocycles. The van der Waals surface area contributed by atoms with E-state index >= 15 is 0 Å². The molecule has 26 heavy (non-hydrogen) atoms. The van der Waals surface area contributed by atoms with Crippen molar-refractivity contribution in [2.24, 2.45) is 0 Å². The summed E-state index contributed by atoms with van der Waals surface area (Å²) in [6.07, 6.45) is 4.61. The van der Waals surface area contributed by atoms with Crippen LogP contribution in [0.3, 0.4) is 0 Å². The fraction of sp³-hybridized carbons (Fsp3) is 0.450. The van der Waals surface area contributed by atoms with Gasteiger partial charge in [-0.25, -0.2) is 0 Å². The number of rotatable bonds is 8. The number of nitriles is 1.